The molecule has 0 saturated carbocycles. The molecule has 1 aromatic rings. The van der Waals surface area contributed by atoms with Gasteiger partial charge >= 0.3 is 5.97 Å². The van der Waals surface area contributed by atoms with E-state index in [1.165, 1.54) is 4.31 Å². The van der Waals surface area contributed by atoms with Crippen LogP contribution in [0.3, 0.4) is 0 Å². The molecule has 2 fully saturated rings. The minimum Gasteiger partial charge on any atom is -0.465 e. The van der Waals surface area contributed by atoms with E-state index in [9.17, 15) is 18.0 Å². The Morgan fingerprint density at radius 3 is 2.42 bits per heavy atom. The molecule has 0 aliphatic carbocycles. The molecule has 1 aromatic carbocycles. The smallest absolute Gasteiger partial charge is 0.324 e. The molecule has 0 aromatic heterocycles. The summed E-state index contributed by atoms with van der Waals surface area (Å²) in [6.45, 7) is 3.57. The summed E-state index contributed by atoms with van der Waals surface area (Å²) >= 11 is 0. The molecule has 2 heterocycles. The van der Waals surface area contributed by atoms with Crippen LogP contribution in [-0.4, -0.2) is 56.8 Å². The van der Waals surface area contributed by atoms with Gasteiger partial charge in [-0.1, -0.05) is 0 Å². The van der Waals surface area contributed by atoms with Gasteiger partial charge in [-0.15, -0.1) is 0 Å². The van der Waals surface area contributed by atoms with Crippen LogP contribution in [0.1, 0.15) is 32.6 Å². The van der Waals surface area contributed by atoms with Crippen molar-refractivity contribution in [1.82, 2.24) is 4.31 Å². The van der Waals surface area contributed by atoms with Crippen molar-refractivity contribution in [3.8, 4) is 0 Å². The van der Waals surface area contributed by atoms with Gasteiger partial charge in [-0.25, -0.2) is 8.42 Å². The molecule has 142 valence electrons. The highest BCUT2D eigenvalue weighted by molar-refractivity contribution is 7.89. The van der Waals surface area contributed by atoms with Crippen molar-refractivity contribution >= 4 is 27.5 Å². The summed E-state index contributed by atoms with van der Waals surface area (Å²) in [5.41, 5.74) is 0.903. The normalized spacial score (nSPS) is 21.8. The predicted molar refractivity (Wildman–Crippen MR) is 96.4 cm³/mol. The molecule has 0 bridgehead atoms. The number of nitrogens with zero attached hydrogens (tertiary/aromatic N) is 2. The first kappa shape index (κ1) is 18.8. The summed E-state index contributed by atoms with van der Waals surface area (Å²) in [7, 11) is -3.75. The van der Waals surface area contributed by atoms with E-state index in [-0.39, 0.29) is 17.3 Å². The number of Topliss-reactive ketones (excluding diaryl/α,β-unsaturated/α-hetero) is 1. The Morgan fingerprint density at radius 1 is 1.15 bits per heavy atom. The highest BCUT2D eigenvalue weighted by Gasteiger charge is 2.40. The molecule has 2 aliphatic heterocycles. The second-order valence-electron chi connectivity index (χ2n) is 6.55. The van der Waals surface area contributed by atoms with Crippen molar-refractivity contribution in [2.45, 2.75) is 43.5 Å². The van der Waals surface area contributed by atoms with E-state index < -0.39 is 22.0 Å². The van der Waals surface area contributed by atoms with Gasteiger partial charge in [-0.05, 0) is 44.0 Å². The molecule has 2 saturated heterocycles. The molecule has 1 atom stereocenters. The number of ether oxygens (including phenoxy) is 1. The lowest BCUT2D eigenvalue weighted by molar-refractivity contribution is -0.146. The molecule has 3 rings (SSSR count). The number of piperidine rings is 1. The van der Waals surface area contributed by atoms with Gasteiger partial charge in [0.25, 0.3) is 0 Å². The number of rotatable bonds is 5. The minimum atomic E-state index is -3.75. The van der Waals surface area contributed by atoms with Crippen LogP contribution in [0.25, 0.3) is 0 Å². The molecule has 2 aliphatic rings. The number of esters is 1. The van der Waals surface area contributed by atoms with Crippen molar-refractivity contribution < 1.29 is 22.7 Å². The van der Waals surface area contributed by atoms with Crippen LogP contribution in [0.2, 0.25) is 0 Å². The first-order valence-corrected chi connectivity index (χ1v) is 10.4. The van der Waals surface area contributed by atoms with Gasteiger partial charge < -0.3 is 9.64 Å². The Morgan fingerprint density at radius 2 is 1.81 bits per heavy atom. The molecule has 26 heavy (non-hydrogen) atoms. The summed E-state index contributed by atoms with van der Waals surface area (Å²) in [6.07, 6.45) is 2.17. The average molecular weight is 380 g/mol. The topological polar surface area (TPSA) is 84.0 Å². The largest absolute Gasteiger partial charge is 0.465 e. The van der Waals surface area contributed by atoms with Crippen LogP contribution >= 0.6 is 0 Å². The number of hydrogen-bond donors (Lipinski definition) is 0. The summed E-state index contributed by atoms with van der Waals surface area (Å²) in [5.74, 6) is -0.220. The molecule has 0 N–H and O–H groups in total. The fourth-order valence-corrected chi connectivity index (χ4v) is 5.13. The molecular formula is C18H24N2O5S. The third kappa shape index (κ3) is 3.76. The molecular weight excluding hydrogens is 356 g/mol. The quantitative estimate of drug-likeness (QED) is 0.721. The zero-order valence-electron chi connectivity index (χ0n) is 14.9. The van der Waals surface area contributed by atoms with Crippen LogP contribution in [0.15, 0.2) is 29.2 Å². The maximum Gasteiger partial charge on any atom is 0.324 e. The minimum absolute atomic E-state index is 0.172. The number of sulfonamides is 1. The Labute approximate surface area is 154 Å². The molecule has 0 unspecified atom stereocenters. The fourth-order valence-electron chi connectivity index (χ4n) is 3.48. The van der Waals surface area contributed by atoms with Crippen molar-refractivity contribution in [2.75, 3.05) is 31.1 Å². The third-order valence-corrected chi connectivity index (χ3v) is 6.81. The standard InChI is InChI=1S/C18H24N2O5S/c1-2-25-18(22)17-4-3-11-20(17)26(23,24)16-7-5-14(6-8-16)19-12-9-15(21)10-13-19/h5-8,17H,2-4,9-13H2,1H3/t17-/m1/s1. The zero-order valence-corrected chi connectivity index (χ0v) is 15.7. The Kier molecular flexibility index (Phi) is 5.62. The SMILES string of the molecule is CCOC(=O)[C@H]1CCCN1S(=O)(=O)c1ccc(N2CCC(=O)CC2)cc1. The van der Waals surface area contributed by atoms with Crippen LogP contribution in [0.5, 0.6) is 0 Å². The van der Waals surface area contributed by atoms with Crippen LogP contribution < -0.4 is 4.90 Å². The number of benzene rings is 1. The number of ketones is 1. The van der Waals surface area contributed by atoms with E-state index in [0.717, 1.165) is 5.69 Å². The van der Waals surface area contributed by atoms with Crippen molar-refractivity contribution in [3.05, 3.63) is 24.3 Å². The zero-order chi connectivity index (χ0) is 18.7. The number of anilines is 1. The number of hydrogen-bond acceptors (Lipinski definition) is 6. The van der Waals surface area contributed by atoms with Gasteiger partial charge in [-0.2, -0.15) is 4.31 Å². The van der Waals surface area contributed by atoms with Gasteiger partial charge in [-0.3, -0.25) is 9.59 Å². The molecule has 0 spiro atoms. The second kappa shape index (κ2) is 7.75. The van der Waals surface area contributed by atoms with Crippen LogP contribution in [0, 0.1) is 0 Å². The number of carbonyl (C=O) groups excluding carboxylic acids is 2. The number of carbonyl (C=O) groups is 2. The lowest BCUT2D eigenvalue weighted by Crippen LogP contribution is -2.41. The lowest BCUT2D eigenvalue weighted by Gasteiger charge is -2.28. The van der Waals surface area contributed by atoms with E-state index in [1.807, 2.05) is 0 Å². The van der Waals surface area contributed by atoms with Gasteiger partial charge in [0.05, 0.1) is 11.5 Å². The first-order valence-electron chi connectivity index (χ1n) is 8.98. The maximum atomic E-state index is 12.9. The molecule has 7 nitrogen and oxygen atoms in total. The monoisotopic (exact) mass is 380 g/mol. The highest BCUT2D eigenvalue weighted by atomic mass is 32.2. The first-order chi connectivity index (χ1) is 12.4. The van der Waals surface area contributed by atoms with E-state index in [0.29, 0.717) is 45.3 Å². The Hall–Kier alpha value is -1.93. The predicted octanol–water partition coefficient (Wildman–Crippen LogP) is 1.57. The van der Waals surface area contributed by atoms with Crippen molar-refractivity contribution in [2.24, 2.45) is 0 Å². The second-order valence-corrected chi connectivity index (χ2v) is 8.44. The van der Waals surface area contributed by atoms with Crippen molar-refractivity contribution in [1.29, 1.82) is 0 Å². The Balaban J connectivity index is 1.77. The van der Waals surface area contributed by atoms with E-state index in [1.54, 1.807) is 31.2 Å². The molecule has 0 radical (unpaired) electrons. The van der Waals surface area contributed by atoms with Gasteiger partial charge in [0.1, 0.15) is 11.8 Å². The summed E-state index contributed by atoms with van der Waals surface area (Å²) in [4.78, 5) is 25.7. The molecule has 0 amide bonds. The van der Waals surface area contributed by atoms with Crippen molar-refractivity contribution in [3.63, 3.8) is 0 Å². The molecule has 8 heteroatoms. The summed E-state index contributed by atoms with van der Waals surface area (Å²) in [6, 6.07) is 5.92. The van der Waals surface area contributed by atoms with Crippen LogP contribution in [-0.2, 0) is 24.3 Å². The summed E-state index contributed by atoms with van der Waals surface area (Å²) < 4.78 is 32.2. The third-order valence-electron chi connectivity index (χ3n) is 4.89. The maximum absolute atomic E-state index is 12.9. The van der Waals surface area contributed by atoms with E-state index in [4.69, 9.17) is 4.74 Å². The highest BCUT2D eigenvalue weighted by Crippen LogP contribution is 2.28. The Bertz CT molecular complexity index is 765. The van der Waals surface area contributed by atoms with Gasteiger partial charge in [0, 0.05) is 38.2 Å². The fraction of sp³-hybridized carbons (Fsp3) is 0.556. The van der Waals surface area contributed by atoms with Gasteiger partial charge in [0.2, 0.25) is 10.0 Å². The van der Waals surface area contributed by atoms with E-state index >= 15 is 0 Å². The average Bonchev–Trinajstić information content (AvgIpc) is 3.13. The lowest BCUT2D eigenvalue weighted by atomic mass is 10.1. The summed E-state index contributed by atoms with van der Waals surface area (Å²) in [5, 5.41) is 0. The van der Waals surface area contributed by atoms with E-state index in [2.05, 4.69) is 4.90 Å². The van der Waals surface area contributed by atoms with Crippen LogP contribution in [0.4, 0.5) is 5.69 Å². The van der Waals surface area contributed by atoms with Gasteiger partial charge in [0.15, 0.2) is 0 Å².